The topological polar surface area (TPSA) is 70.5 Å². The number of rotatable bonds is 7. The molecule has 2 heterocycles. The van der Waals surface area contributed by atoms with Crippen molar-refractivity contribution < 1.29 is 18.3 Å². The summed E-state index contributed by atoms with van der Waals surface area (Å²) < 4.78 is 22.2. The van der Waals surface area contributed by atoms with E-state index in [-0.39, 0.29) is 0 Å². The SMILES string of the molecule is COc1ccc(-c2coc3ccc(-c4nnc(SCc5cccc(OC)c5)o4)cc23)cc1. The number of ether oxygens (including phenoxy) is 2. The molecule has 0 atom stereocenters. The molecule has 7 heteroatoms. The third kappa shape index (κ3) is 4.07. The van der Waals surface area contributed by atoms with Gasteiger partial charge in [-0.2, -0.15) is 0 Å². The molecule has 0 saturated heterocycles. The smallest absolute Gasteiger partial charge is 0.277 e. The fraction of sp³-hybridized carbons (Fsp3) is 0.120. The second-order valence-electron chi connectivity index (χ2n) is 7.10. The summed E-state index contributed by atoms with van der Waals surface area (Å²) in [4.78, 5) is 0. The van der Waals surface area contributed by atoms with Crippen LogP contribution in [0, 0.1) is 0 Å². The van der Waals surface area contributed by atoms with Crippen LogP contribution in [0.2, 0.25) is 0 Å². The summed E-state index contributed by atoms with van der Waals surface area (Å²) in [6.45, 7) is 0. The van der Waals surface area contributed by atoms with E-state index in [9.17, 15) is 0 Å². The Kier molecular flexibility index (Phi) is 5.56. The quantitative estimate of drug-likeness (QED) is 0.267. The number of nitrogens with zero attached hydrogens (tertiary/aromatic N) is 2. The van der Waals surface area contributed by atoms with Gasteiger partial charge >= 0.3 is 0 Å². The molecule has 0 spiro atoms. The Morgan fingerprint density at radius 2 is 1.66 bits per heavy atom. The Hall–Kier alpha value is -3.71. The van der Waals surface area contributed by atoms with Crippen LogP contribution >= 0.6 is 11.8 Å². The zero-order valence-electron chi connectivity index (χ0n) is 17.6. The van der Waals surface area contributed by atoms with Crippen molar-refractivity contribution in [2.24, 2.45) is 0 Å². The summed E-state index contributed by atoms with van der Waals surface area (Å²) >= 11 is 1.49. The van der Waals surface area contributed by atoms with Crippen molar-refractivity contribution in [3.05, 3.63) is 78.6 Å². The summed E-state index contributed by atoms with van der Waals surface area (Å²) in [6.07, 6.45) is 1.76. The van der Waals surface area contributed by atoms with E-state index in [0.717, 1.165) is 44.7 Å². The minimum absolute atomic E-state index is 0.474. The van der Waals surface area contributed by atoms with Crippen LogP contribution in [0.1, 0.15) is 5.56 Å². The van der Waals surface area contributed by atoms with Gasteiger partial charge in [-0.05, 0) is 53.6 Å². The average molecular weight is 445 g/mol. The third-order valence-corrected chi connectivity index (χ3v) is 6.01. The molecule has 0 fully saturated rings. The molecule has 0 unspecified atom stereocenters. The van der Waals surface area contributed by atoms with Gasteiger partial charge in [-0.15, -0.1) is 10.2 Å². The minimum atomic E-state index is 0.474. The minimum Gasteiger partial charge on any atom is -0.497 e. The first-order valence-corrected chi connectivity index (χ1v) is 11.0. The summed E-state index contributed by atoms with van der Waals surface area (Å²) in [6, 6.07) is 21.7. The number of thioether (sulfide) groups is 1. The molecule has 0 aliphatic rings. The molecule has 0 amide bonds. The van der Waals surface area contributed by atoms with Gasteiger partial charge in [-0.1, -0.05) is 36.0 Å². The maximum atomic E-state index is 5.91. The second-order valence-corrected chi connectivity index (χ2v) is 8.03. The van der Waals surface area contributed by atoms with Crippen molar-refractivity contribution in [3.8, 4) is 34.1 Å². The van der Waals surface area contributed by atoms with Gasteiger partial charge in [0.2, 0.25) is 5.89 Å². The molecule has 5 aromatic rings. The first-order chi connectivity index (χ1) is 15.7. The van der Waals surface area contributed by atoms with E-state index in [0.29, 0.717) is 16.9 Å². The van der Waals surface area contributed by atoms with E-state index in [1.807, 2.05) is 66.7 Å². The lowest BCUT2D eigenvalue weighted by Crippen LogP contribution is -1.85. The third-order valence-electron chi connectivity index (χ3n) is 5.12. The highest BCUT2D eigenvalue weighted by atomic mass is 32.2. The number of furan rings is 1. The van der Waals surface area contributed by atoms with Crippen LogP contribution in [0.3, 0.4) is 0 Å². The number of hydrogen-bond donors (Lipinski definition) is 0. The van der Waals surface area contributed by atoms with Crippen molar-refractivity contribution in [2.75, 3.05) is 14.2 Å². The standard InChI is InChI=1S/C25H20N2O4S/c1-28-19-9-6-17(7-10-19)22-14-30-23-11-8-18(13-21(22)23)24-26-27-25(31-24)32-15-16-4-3-5-20(12-16)29-2/h3-14H,15H2,1-2H3. The maximum absolute atomic E-state index is 5.91. The highest BCUT2D eigenvalue weighted by Gasteiger charge is 2.14. The molecule has 160 valence electrons. The van der Waals surface area contributed by atoms with Crippen LogP contribution in [-0.2, 0) is 5.75 Å². The van der Waals surface area contributed by atoms with Crippen molar-refractivity contribution in [1.82, 2.24) is 10.2 Å². The van der Waals surface area contributed by atoms with Gasteiger partial charge in [-0.3, -0.25) is 0 Å². The molecular formula is C25H20N2O4S. The monoisotopic (exact) mass is 444 g/mol. The van der Waals surface area contributed by atoms with Crippen LogP contribution in [-0.4, -0.2) is 24.4 Å². The summed E-state index contributed by atoms with van der Waals surface area (Å²) in [7, 11) is 3.32. The zero-order valence-corrected chi connectivity index (χ0v) is 18.4. The number of aromatic nitrogens is 2. The lowest BCUT2D eigenvalue weighted by atomic mass is 10.0. The zero-order chi connectivity index (χ0) is 21.9. The highest BCUT2D eigenvalue weighted by Crippen LogP contribution is 2.35. The molecule has 5 rings (SSSR count). The lowest BCUT2D eigenvalue weighted by molar-refractivity contribution is 0.414. The van der Waals surface area contributed by atoms with Gasteiger partial charge in [0.15, 0.2) is 0 Å². The van der Waals surface area contributed by atoms with Crippen LogP contribution < -0.4 is 9.47 Å². The van der Waals surface area contributed by atoms with Crippen LogP contribution in [0.25, 0.3) is 33.6 Å². The van der Waals surface area contributed by atoms with Gasteiger partial charge < -0.3 is 18.3 Å². The van der Waals surface area contributed by atoms with Gasteiger partial charge in [0, 0.05) is 22.3 Å². The van der Waals surface area contributed by atoms with E-state index >= 15 is 0 Å². The van der Waals surface area contributed by atoms with Crippen molar-refractivity contribution in [1.29, 1.82) is 0 Å². The second kappa shape index (κ2) is 8.80. The summed E-state index contributed by atoms with van der Waals surface area (Å²) in [5.41, 5.74) is 4.80. The molecular weight excluding hydrogens is 424 g/mol. The first kappa shape index (κ1) is 20.2. The molecule has 0 bridgehead atoms. The van der Waals surface area contributed by atoms with E-state index in [2.05, 4.69) is 10.2 Å². The predicted molar refractivity (Wildman–Crippen MR) is 124 cm³/mol. The van der Waals surface area contributed by atoms with Crippen LogP contribution in [0.5, 0.6) is 11.5 Å². The molecule has 0 aliphatic carbocycles. The molecule has 0 saturated carbocycles. The Morgan fingerprint density at radius 3 is 2.47 bits per heavy atom. The Bertz CT molecular complexity index is 1360. The van der Waals surface area contributed by atoms with E-state index < -0.39 is 0 Å². The molecule has 32 heavy (non-hydrogen) atoms. The number of fused-ring (bicyclic) bond motifs is 1. The summed E-state index contributed by atoms with van der Waals surface area (Å²) in [5.74, 6) is 2.82. The van der Waals surface area contributed by atoms with Gasteiger partial charge in [0.25, 0.3) is 5.22 Å². The molecule has 0 radical (unpaired) electrons. The lowest BCUT2D eigenvalue weighted by Gasteiger charge is -2.03. The van der Waals surface area contributed by atoms with Gasteiger partial charge in [-0.25, -0.2) is 0 Å². The Labute approximate surface area is 189 Å². The number of methoxy groups -OCH3 is 2. The number of hydrogen-bond acceptors (Lipinski definition) is 7. The van der Waals surface area contributed by atoms with E-state index in [1.54, 1.807) is 20.5 Å². The van der Waals surface area contributed by atoms with Gasteiger partial charge in [0.1, 0.15) is 17.1 Å². The van der Waals surface area contributed by atoms with Crippen molar-refractivity contribution >= 4 is 22.7 Å². The molecule has 0 aliphatic heterocycles. The van der Waals surface area contributed by atoms with Gasteiger partial charge in [0.05, 0.1) is 20.5 Å². The fourth-order valence-corrected chi connectivity index (χ4v) is 4.15. The predicted octanol–water partition coefficient (Wildman–Crippen LogP) is 6.46. The Balaban J connectivity index is 1.38. The van der Waals surface area contributed by atoms with E-state index in [1.165, 1.54) is 11.8 Å². The molecule has 6 nitrogen and oxygen atoms in total. The van der Waals surface area contributed by atoms with Crippen molar-refractivity contribution in [3.63, 3.8) is 0 Å². The Morgan fingerprint density at radius 1 is 0.844 bits per heavy atom. The largest absolute Gasteiger partial charge is 0.497 e. The van der Waals surface area contributed by atoms with Crippen LogP contribution in [0.4, 0.5) is 0 Å². The fourth-order valence-electron chi connectivity index (χ4n) is 3.45. The normalized spacial score (nSPS) is 11.1. The van der Waals surface area contributed by atoms with E-state index in [4.69, 9.17) is 18.3 Å². The first-order valence-electron chi connectivity index (χ1n) is 9.99. The number of benzene rings is 3. The van der Waals surface area contributed by atoms with Crippen LogP contribution in [0.15, 0.2) is 87.1 Å². The van der Waals surface area contributed by atoms with Crippen molar-refractivity contribution in [2.45, 2.75) is 11.0 Å². The average Bonchev–Trinajstić information content (AvgIpc) is 3.50. The maximum Gasteiger partial charge on any atom is 0.277 e. The molecule has 2 aromatic heterocycles. The summed E-state index contributed by atoms with van der Waals surface area (Å²) in [5, 5.41) is 9.94. The molecule has 3 aromatic carbocycles. The highest BCUT2D eigenvalue weighted by molar-refractivity contribution is 7.98. The molecule has 0 N–H and O–H groups in total.